The van der Waals surface area contributed by atoms with Gasteiger partial charge in [0.05, 0.1) is 14.1 Å². The van der Waals surface area contributed by atoms with E-state index in [1.807, 2.05) is 14.1 Å². The highest BCUT2D eigenvalue weighted by Crippen LogP contribution is 2.26. The molecule has 94 valence electrons. The van der Waals surface area contributed by atoms with E-state index < -0.39 is 0 Å². The molecule has 0 radical (unpaired) electrons. The summed E-state index contributed by atoms with van der Waals surface area (Å²) in [5, 5.41) is 0. The van der Waals surface area contributed by atoms with Gasteiger partial charge in [-0.05, 0) is 19.4 Å². The molecule has 1 unspecified atom stereocenters. The van der Waals surface area contributed by atoms with Crippen molar-refractivity contribution in [2.75, 3.05) is 20.6 Å². The number of quaternary nitrogens is 1. The van der Waals surface area contributed by atoms with Gasteiger partial charge in [-0.3, -0.25) is 9.69 Å². The van der Waals surface area contributed by atoms with Gasteiger partial charge in [-0.25, -0.2) is 9.28 Å². The predicted octanol–water partition coefficient (Wildman–Crippen LogP) is 1.30. The molecule has 0 spiro atoms. The number of carbonyl (C=O) groups is 2. The summed E-state index contributed by atoms with van der Waals surface area (Å²) < 4.78 is 0.148. The molecule has 0 bridgehead atoms. The second-order valence-electron chi connectivity index (χ2n) is 4.98. The van der Waals surface area contributed by atoms with Gasteiger partial charge >= 0.3 is 5.91 Å². The van der Waals surface area contributed by atoms with Crippen LogP contribution in [0.5, 0.6) is 0 Å². The molecule has 4 nitrogen and oxygen atoms in total. The van der Waals surface area contributed by atoms with Crippen molar-refractivity contribution >= 4 is 11.8 Å². The van der Waals surface area contributed by atoms with Crippen LogP contribution < -0.4 is 0 Å². The van der Waals surface area contributed by atoms with E-state index in [4.69, 9.17) is 0 Å². The van der Waals surface area contributed by atoms with Crippen molar-refractivity contribution in [2.24, 2.45) is 0 Å². The third kappa shape index (κ3) is 2.47. The lowest BCUT2D eigenvalue weighted by Crippen LogP contribution is -2.59. The molecule has 0 N–H and O–H groups in total. The lowest BCUT2D eigenvalue weighted by Gasteiger charge is -2.37. The molecule has 1 heterocycles. The summed E-state index contributed by atoms with van der Waals surface area (Å²) >= 11 is 0. The molecule has 1 rings (SSSR count). The molecule has 1 fully saturated rings. The van der Waals surface area contributed by atoms with Gasteiger partial charge in [-0.15, -0.1) is 0 Å². The zero-order valence-electron chi connectivity index (χ0n) is 10.9. The molecule has 0 aromatic heterocycles. The van der Waals surface area contributed by atoms with Crippen molar-refractivity contribution in [1.82, 2.24) is 4.90 Å². The fraction of sp³-hybridized carbons (Fsp3) is 0.538. The average molecular weight is 237 g/mol. The Morgan fingerprint density at radius 1 is 1.41 bits per heavy atom. The van der Waals surface area contributed by atoms with Crippen LogP contribution in [0.4, 0.5) is 0 Å². The summed E-state index contributed by atoms with van der Waals surface area (Å²) in [6.45, 7) is 9.60. The van der Waals surface area contributed by atoms with Crippen LogP contribution in [-0.2, 0) is 9.59 Å². The maximum absolute atomic E-state index is 12.1. The van der Waals surface area contributed by atoms with Gasteiger partial charge in [0.25, 0.3) is 0 Å². The molecule has 2 amide bonds. The Labute approximate surface area is 103 Å². The number of likely N-dealkylation sites (tertiary alicyclic amines) is 1. The maximum atomic E-state index is 12.1. The zero-order valence-corrected chi connectivity index (χ0v) is 10.9. The standard InChI is InChI=1S/C13H21N2O2/c1-6-12(16)14-9-7-8-11(14)15(4,5)13(17)10(2)3/h6,11H,1-2,7-9H2,3-5H3/q+1. The van der Waals surface area contributed by atoms with Crippen molar-refractivity contribution in [3.05, 3.63) is 24.8 Å². The molecule has 1 saturated heterocycles. The van der Waals surface area contributed by atoms with E-state index in [-0.39, 0.29) is 22.5 Å². The Hall–Kier alpha value is -1.42. The Bertz CT molecular complexity index is 372. The first-order valence-corrected chi connectivity index (χ1v) is 5.79. The van der Waals surface area contributed by atoms with Crippen LogP contribution in [0.15, 0.2) is 24.8 Å². The van der Waals surface area contributed by atoms with Gasteiger partial charge in [0.15, 0.2) is 6.17 Å². The summed E-state index contributed by atoms with van der Waals surface area (Å²) in [6.07, 6.45) is 2.97. The van der Waals surface area contributed by atoms with Crippen LogP contribution in [0.2, 0.25) is 0 Å². The summed E-state index contributed by atoms with van der Waals surface area (Å²) in [6, 6.07) is 0. The van der Waals surface area contributed by atoms with Crippen LogP contribution in [0.25, 0.3) is 0 Å². The largest absolute Gasteiger partial charge is 0.342 e. The molecule has 1 atom stereocenters. The summed E-state index contributed by atoms with van der Waals surface area (Å²) in [5.74, 6) is -0.132. The molecule has 0 saturated carbocycles. The van der Waals surface area contributed by atoms with Gasteiger partial charge in [0, 0.05) is 18.5 Å². The molecular weight excluding hydrogens is 216 g/mol. The van der Waals surface area contributed by atoms with E-state index in [1.54, 1.807) is 11.8 Å². The quantitative estimate of drug-likeness (QED) is 0.548. The number of amides is 2. The average Bonchev–Trinajstić information content (AvgIpc) is 2.76. The molecule has 4 heteroatoms. The molecule has 0 aromatic rings. The van der Waals surface area contributed by atoms with E-state index in [1.165, 1.54) is 6.08 Å². The number of hydrogen-bond donors (Lipinski definition) is 0. The highest BCUT2D eigenvalue weighted by molar-refractivity contribution is 5.89. The van der Waals surface area contributed by atoms with Gasteiger partial charge in [0.1, 0.15) is 0 Å². The normalized spacial score (nSPS) is 20.2. The lowest BCUT2D eigenvalue weighted by molar-refractivity contribution is -0.848. The third-order valence-electron chi connectivity index (χ3n) is 3.31. The molecule has 1 aliphatic heterocycles. The van der Waals surface area contributed by atoms with Gasteiger partial charge in [-0.2, -0.15) is 0 Å². The topological polar surface area (TPSA) is 37.4 Å². The predicted molar refractivity (Wildman–Crippen MR) is 66.9 cm³/mol. The van der Waals surface area contributed by atoms with Gasteiger partial charge < -0.3 is 0 Å². The Morgan fingerprint density at radius 3 is 2.47 bits per heavy atom. The van der Waals surface area contributed by atoms with Gasteiger partial charge in [0.2, 0.25) is 5.91 Å². The third-order valence-corrected chi connectivity index (χ3v) is 3.31. The molecule has 0 aromatic carbocycles. The van der Waals surface area contributed by atoms with E-state index in [9.17, 15) is 9.59 Å². The minimum Gasteiger partial charge on any atom is -0.289 e. The van der Waals surface area contributed by atoms with Crippen molar-refractivity contribution in [3.63, 3.8) is 0 Å². The molecular formula is C13H21N2O2+. The van der Waals surface area contributed by atoms with E-state index in [0.717, 1.165) is 12.8 Å². The SMILES string of the molecule is C=CC(=O)N1CCCC1[N+](C)(C)C(=O)C(=C)C. The van der Waals surface area contributed by atoms with Crippen LogP contribution in [0.3, 0.4) is 0 Å². The summed E-state index contributed by atoms with van der Waals surface area (Å²) in [7, 11) is 3.66. The summed E-state index contributed by atoms with van der Waals surface area (Å²) in [4.78, 5) is 25.6. The second kappa shape index (κ2) is 4.84. The van der Waals surface area contributed by atoms with Crippen molar-refractivity contribution in [2.45, 2.75) is 25.9 Å². The number of likely N-dealkylation sites (N-methyl/N-ethyl adjacent to an activating group) is 1. The van der Waals surface area contributed by atoms with Crippen molar-refractivity contribution in [3.8, 4) is 0 Å². The zero-order chi connectivity index (χ0) is 13.2. The highest BCUT2D eigenvalue weighted by atomic mass is 16.2. The van der Waals surface area contributed by atoms with Crippen LogP contribution >= 0.6 is 0 Å². The fourth-order valence-electron chi connectivity index (χ4n) is 2.42. The molecule has 17 heavy (non-hydrogen) atoms. The number of nitrogens with zero attached hydrogens (tertiary/aromatic N) is 2. The van der Waals surface area contributed by atoms with Crippen molar-refractivity contribution in [1.29, 1.82) is 0 Å². The fourth-order valence-corrected chi connectivity index (χ4v) is 2.42. The smallest absolute Gasteiger partial charge is 0.289 e. The van der Waals surface area contributed by atoms with Crippen LogP contribution in [0.1, 0.15) is 19.8 Å². The minimum absolute atomic E-state index is 0.0289. The Morgan fingerprint density at radius 2 is 2.00 bits per heavy atom. The number of rotatable bonds is 3. The van der Waals surface area contributed by atoms with Crippen LogP contribution in [0, 0.1) is 0 Å². The first-order valence-electron chi connectivity index (χ1n) is 5.79. The van der Waals surface area contributed by atoms with Crippen molar-refractivity contribution < 1.29 is 14.1 Å². The monoisotopic (exact) mass is 237 g/mol. The Balaban J connectivity index is 2.97. The highest BCUT2D eigenvalue weighted by Gasteiger charge is 2.44. The number of carbonyl (C=O) groups excluding carboxylic acids is 2. The van der Waals surface area contributed by atoms with Gasteiger partial charge in [-0.1, -0.05) is 13.2 Å². The number of hydrogen-bond acceptors (Lipinski definition) is 2. The lowest BCUT2D eigenvalue weighted by atomic mass is 10.2. The first kappa shape index (κ1) is 13.6. The second-order valence-corrected chi connectivity index (χ2v) is 4.98. The van der Waals surface area contributed by atoms with E-state index in [2.05, 4.69) is 13.2 Å². The minimum atomic E-state index is -0.107. The maximum Gasteiger partial charge on any atom is 0.342 e. The van der Waals surface area contributed by atoms with E-state index >= 15 is 0 Å². The summed E-state index contributed by atoms with van der Waals surface area (Å²) in [5.41, 5.74) is 0.521. The first-order chi connectivity index (χ1) is 7.82. The van der Waals surface area contributed by atoms with Crippen LogP contribution in [-0.4, -0.2) is 48.0 Å². The van der Waals surface area contributed by atoms with E-state index in [0.29, 0.717) is 12.1 Å². The Kier molecular flexibility index (Phi) is 3.88. The molecule has 1 aliphatic rings. The molecule has 0 aliphatic carbocycles.